The molecule has 60 heavy (non-hydrogen) atoms. The topological polar surface area (TPSA) is 14.8 Å². The number of fused-ring (bicyclic) bond motifs is 13. The van der Waals surface area contributed by atoms with Crippen LogP contribution in [0.3, 0.4) is 0 Å². The summed E-state index contributed by atoms with van der Waals surface area (Å²) in [6, 6.07) is 74.4. The molecule has 4 heterocycles. The van der Waals surface area contributed by atoms with Crippen molar-refractivity contribution in [3.63, 3.8) is 0 Å². The van der Waals surface area contributed by atoms with Crippen molar-refractivity contribution < 1.29 is 0 Å². The van der Waals surface area contributed by atoms with Gasteiger partial charge in [0.1, 0.15) is 8.07 Å². The first-order valence-electron chi connectivity index (χ1n) is 20.9. The maximum absolute atomic E-state index is 2.49. The highest BCUT2D eigenvalue weighted by molar-refractivity contribution is 7.03. The molecule has 0 saturated carbocycles. The molecular weight excluding hydrogens is 743 g/mol. The third kappa shape index (κ3) is 4.48. The Labute approximate surface area is 348 Å². The first-order chi connectivity index (χ1) is 29.6. The van der Waals surface area contributed by atoms with Crippen molar-refractivity contribution in [2.24, 2.45) is 0 Å². The zero-order chi connectivity index (χ0) is 39.7. The first-order valence-corrected chi connectivity index (χ1v) is 23.9. The third-order valence-corrected chi connectivity index (χ3v) is 17.0. The number of benzene rings is 9. The number of nitrogens with zero attached hydrogens (tertiary/aromatic N) is 3. The monoisotopic (exact) mass is 781 g/mol. The van der Waals surface area contributed by atoms with Gasteiger partial charge in [0.15, 0.2) is 0 Å². The van der Waals surface area contributed by atoms with Crippen LogP contribution in [0.2, 0.25) is 13.1 Å². The molecule has 0 unspecified atom stereocenters. The van der Waals surface area contributed by atoms with Crippen LogP contribution in [0.1, 0.15) is 0 Å². The van der Waals surface area contributed by atoms with Gasteiger partial charge >= 0.3 is 0 Å². The zero-order valence-corrected chi connectivity index (χ0v) is 34.4. The molecule has 0 fully saturated rings. The quantitative estimate of drug-likeness (QED) is 0.158. The average Bonchev–Trinajstić information content (AvgIpc) is 4.00. The lowest BCUT2D eigenvalue weighted by molar-refractivity contribution is 1.17. The Balaban J connectivity index is 1.03. The van der Waals surface area contributed by atoms with E-state index in [1.165, 1.54) is 115 Å². The molecule has 9 aromatic carbocycles. The Kier molecular flexibility index (Phi) is 6.88. The van der Waals surface area contributed by atoms with E-state index in [0.717, 1.165) is 0 Å². The fourth-order valence-electron chi connectivity index (χ4n) is 10.8. The predicted molar refractivity (Wildman–Crippen MR) is 257 cm³/mol. The Morgan fingerprint density at radius 1 is 0.317 bits per heavy atom. The molecule has 0 radical (unpaired) electrons. The van der Waals surface area contributed by atoms with Gasteiger partial charge in [-0.3, -0.25) is 0 Å². The average molecular weight is 782 g/mol. The van der Waals surface area contributed by atoms with Crippen LogP contribution in [0.15, 0.2) is 200 Å². The van der Waals surface area contributed by atoms with E-state index in [2.05, 4.69) is 227 Å². The van der Waals surface area contributed by atoms with Gasteiger partial charge < -0.3 is 13.7 Å². The molecule has 3 aromatic heterocycles. The van der Waals surface area contributed by atoms with Crippen molar-refractivity contribution in [2.45, 2.75) is 13.1 Å². The molecule has 0 amide bonds. The van der Waals surface area contributed by atoms with Crippen molar-refractivity contribution in [2.75, 3.05) is 0 Å². The molecule has 3 nitrogen and oxygen atoms in total. The van der Waals surface area contributed by atoms with Crippen LogP contribution in [0.5, 0.6) is 0 Å². The van der Waals surface area contributed by atoms with Crippen molar-refractivity contribution in [1.29, 1.82) is 0 Å². The largest absolute Gasteiger partial charge is 0.309 e. The normalized spacial score (nSPS) is 13.3. The van der Waals surface area contributed by atoms with Crippen molar-refractivity contribution in [1.82, 2.24) is 13.7 Å². The van der Waals surface area contributed by atoms with E-state index in [1.54, 1.807) is 0 Å². The van der Waals surface area contributed by atoms with Gasteiger partial charge in [-0.1, -0.05) is 140 Å². The molecule has 0 aliphatic carbocycles. The smallest absolute Gasteiger partial charge is 0.113 e. The van der Waals surface area contributed by atoms with Crippen LogP contribution in [0, 0.1) is 0 Å². The second-order valence-electron chi connectivity index (χ2n) is 16.9. The van der Waals surface area contributed by atoms with Crippen LogP contribution >= 0.6 is 0 Å². The van der Waals surface area contributed by atoms with Crippen LogP contribution in [0.25, 0.3) is 105 Å². The lowest BCUT2D eigenvalue weighted by atomic mass is 10.0. The number of hydrogen-bond acceptors (Lipinski definition) is 0. The third-order valence-electron chi connectivity index (χ3n) is 13.4. The maximum atomic E-state index is 2.49. The predicted octanol–water partition coefficient (Wildman–Crippen LogP) is 13.4. The summed E-state index contributed by atoms with van der Waals surface area (Å²) < 4.78 is 7.38. The Hall–Kier alpha value is -7.40. The van der Waals surface area contributed by atoms with Gasteiger partial charge in [-0.05, 0) is 99.9 Å². The van der Waals surface area contributed by atoms with E-state index in [-0.39, 0.29) is 0 Å². The first kappa shape index (κ1) is 33.6. The summed E-state index contributed by atoms with van der Waals surface area (Å²) in [5.74, 6) is 0. The van der Waals surface area contributed by atoms with Crippen LogP contribution in [-0.2, 0) is 0 Å². The second kappa shape index (κ2) is 12.3. The van der Waals surface area contributed by atoms with E-state index in [1.807, 2.05) is 0 Å². The van der Waals surface area contributed by atoms with Crippen LogP contribution < -0.4 is 10.4 Å². The molecule has 0 spiro atoms. The number of rotatable bonds is 4. The maximum Gasteiger partial charge on any atom is 0.113 e. The van der Waals surface area contributed by atoms with Gasteiger partial charge in [0.25, 0.3) is 0 Å². The molecule has 1 aliphatic heterocycles. The minimum Gasteiger partial charge on any atom is -0.309 e. The minimum atomic E-state index is -1.76. The highest BCUT2D eigenvalue weighted by atomic mass is 28.3. The summed E-state index contributed by atoms with van der Waals surface area (Å²) >= 11 is 0. The van der Waals surface area contributed by atoms with E-state index in [4.69, 9.17) is 0 Å². The van der Waals surface area contributed by atoms with E-state index in [9.17, 15) is 0 Å². The highest BCUT2D eigenvalue weighted by Crippen LogP contribution is 2.44. The van der Waals surface area contributed by atoms with Gasteiger partial charge in [-0.2, -0.15) is 0 Å². The summed E-state index contributed by atoms with van der Waals surface area (Å²) in [7, 11) is -1.76. The summed E-state index contributed by atoms with van der Waals surface area (Å²) in [5.41, 5.74) is 16.0. The van der Waals surface area contributed by atoms with E-state index in [0.29, 0.717) is 0 Å². The van der Waals surface area contributed by atoms with Gasteiger partial charge in [0.05, 0.1) is 38.8 Å². The summed E-state index contributed by atoms with van der Waals surface area (Å²) in [6.07, 6.45) is 0. The molecule has 1 aliphatic rings. The lowest BCUT2D eigenvalue weighted by Gasteiger charge is -2.19. The SMILES string of the molecule is C[Si]1(C)c2ccccc2-c2cc(-n3c4ccccc4c4cc(-c5ccccc5-n5c6ccccc6c6c7c8ccccc8n(-c8ccccc8)c7ccc65)ccc43)ccc21. The number of para-hydroxylation sites is 5. The summed E-state index contributed by atoms with van der Waals surface area (Å²) in [4.78, 5) is 0. The Morgan fingerprint density at radius 2 is 0.833 bits per heavy atom. The molecular formula is C56H39N3Si. The van der Waals surface area contributed by atoms with Gasteiger partial charge in [0.2, 0.25) is 0 Å². The van der Waals surface area contributed by atoms with E-state index < -0.39 is 8.07 Å². The Morgan fingerprint density at radius 3 is 1.58 bits per heavy atom. The molecule has 0 N–H and O–H groups in total. The fraction of sp³-hybridized carbons (Fsp3) is 0.0357. The summed E-state index contributed by atoms with van der Waals surface area (Å²) in [5, 5.41) is 10.7. The van der Waals surface area contributed by atoms with Crippen LogP contribution in [0.4, 0.5) is 0 Å². The zero-order valence-electron chi connectivity index (χ0n) is 33.4. The molecule has 4 heteroatoms. The standard InChI is InChI=1S/C56H39N3Si/c1-60(2)53-27-15-10-20-41(53)45-35-38(29-33-54(45)60)58-47-24-12-7-19-40(47)44-34-36(28-30-50(44)58)39-18-6-11-23-46(39)59-49-26-14-9-22-43(49)56-52(59)32-31-51-55(56)42-21-8-13-25-48(42)57(51)37-16-4-3-5-17-37/h3-35H,1-2H3. The molecule has 0 atom stereocenters. The molecule has 13 rings (SSSR count). The lowest BCUT2D eigenvalue weighted by Crippen LogP contribution is -2.49. The Bertz CT molecular complexity index is 3750. The van der Waals surface area contributed by atoms with Crippen LogP contribution in [-0.4, -0.2) is 21.8 Å². The minimum absolute atomic E-state index is 1.17. The molecule has 0 bridgehead atoms. The van der Waals surface area contributed by atoms with Crippen molar-refractivity contribution >= 4 is 83.9 Å². The number of aromatic nitrogens is 3. The molecule has 12 aromatic rings. The van der Waals surface area contributed by atoms with Crippen molar-refractivity contribution in [3.8, 4) is 39.3 Å². The highest BCUT2D eigenvalue weighted by Gasteiger charge is 2.37. The van der Waals surface area contributed by atoms with E-state index >= 15 is 0 Å². The van der Waals surface area contributed by atoms with Gasteiger partial charge in [-0.15, -0.1) is 0 Å². The second-order valence-corrected chi connectivity index (χ2v) is 21.2. The summed E-state index contributed by atoms with van der Waals surface area (Å²) in [6.45, 7) is 4.98. The van der Waals surface area contributed by atoms with Gasteiger partial charge in [-0.25, -0.2) is 0 Å². The van der Waals surface area contributed by atoms with Gasteiger partial charge in [0, 0.05) is 49.3 Å². The fourth-order valence-corrected chi connectivity index (χ4v) is 13.9. The molecule has 282 valence electrons. The molecule has 0 saturated heterocycles. The van der Waals surface area contributed by atoms with Crippen molar-refractivity contribution in [3.05, 3.63) is 200 Å². The number of hydrogen-bond donors (Lipinski definition) is 0.